The van der Waals surface area contributed by atoms with Crippen molar-refractivity contribution in [1.82, 2.24) is 4.98 Å². The monoisotopic (exact) mass is 711 g/mol. The summed E-state index contributed by atoms with van der Waals surface area (Å²) < 4.78 is 13.7. The molecule has 0 saturated heterocycles. The zero-order chi connectivity index (χ0) is 36.5. The van der Waals surface area contributed by atoms with E-state index in [1.165, 1.54) is 21.5 Å². The summed E-state index contributed by atoms with van der Waals surface area (Å²) in [7, 11) is 0. The standard InChI is InChI=1S/C53H29NO2/c1-2-14-31-29-46-42(27-30(31)13-1)49-33-16-4-3-15-32(33)28-43(53(49)56-46)47-35-18-5-7-20-37(35)48(38-21-8-6-19-36(38)47)51-41-26-25-39-34-17-10-12-24-45(34)55-52(39)50(41)40-22-9-11-23-44(40)54-51/h1-29H. The molecule has 0 fully saturated rings. The van der Waals surface area contributed by atoms with Gasteiger partial charge in [0.05, 0.1) is 11.2 Å². The molecule has 0 aliphatic heterocycles. The van der Waals surface area contributed by atoms with Crippen LogP contribution in [-0.2, 0) is 0 Å². The fraction of sp³-hybridized carbons (Fsp3) is 0. The Labute approximate surface area is 319 Å². The molecule has 0 N–H and O–H groups in total. The summed E-state index contributed by atoms with van der Waals surface area (Å²) in [6.45, 7) is 0. The first kappa shape index (κ1) is 29.9. The van der Waals surface area contributed by atoms with E-state index in [1.54, 1.807) is 0 Å². The van der Waals surface area contributed by atoms with E-state index in [-0.39, 0.29) is 0 Å². The maximum absolute atomic E-state index is 7.02. The van der Waals surface area contributed by atoms with Gasteiger partial charge >= 0.3 is 0 Å². The van der Waals surface area contributed by atoms with Crippen LogP contribution in [0.5, 0.6) is 0 Å². The fourth-order valence-electron chi connectivity index (χ4n) is 9.58. The third kappa shape index (κ3) is 3.98. The molecule has 0 bridgehead atoms. The molecule has 3 aromatic heterocycles. The van der Waals surface area contributed by atoms with Gasteiger partial charge in [-0.15, -0.1) is 0 Å². The Morgan fingerprint density at radius 2 is 0.857 bits per heavy atom. The van der Waals surface area contributed by atoms with E-state index < -0.39 is 0 Å². The summed E-state index contributed by atoms with van der Waals surface area (Å²) in [5.41, 5.74) is 8.80. The van der Waals surface area contributed by atoms with Gasteiger partial charge < -0.3 is 8.83 Å². The number of furan rings is 2. The minimum absolute atomic E-state index is 0.887. The van der Waals surface area contributed by atoms with Gasteiger partial charge in [-0.25, -0.2) is 4.98 Å². The van der Waals surface area contributed by atoms with Crippen LogP contribution in [0, 0.1) is 0 Å². The Kier molecular flexibility index (Phi) is 5.89. The van der Waals surface area contributed by atoms with Crippen LogP contribution >= 0.6 is 0 Å². The van der Waals surface area contributed by atoms with Gasteiger partial charge in [-0.05, 0) is 79.5 Å². The molecular weight excluding hydrogens is 683 g/mol. The molecule has 56 heavy (non-hydrogen) atoms. The quantitative estimate of drug-likeness (QED) is 0.132. The highest BCUT2D eigenvalue weighted by molar-refractivity contribution is 6.31. The van der Waals surface area contributed by atoms with E-state index in [0.29, 0.717) is 0 Å². The van der Waals surface area contributed by atoms with Gasteiger partial charge in [0.2, 0.25) is 0 Å². The van der Waals surface area contributed by atoms with Crippen LogP contribution in [0.3, 0.4) is 0 Å². The summed E-state index contributed by atoms with van der Waals surface area (Å²) in [5.74, 6) is 0. The summed E-state index contributed by atoms with van der Waals surface area (Å²) in [4.78, 5) is 5.52. The van der Waals surface area contributed by atoms with Crippen molar-refractivity contribution >= 4 is 109 Å². The molecule has 0 radical (unpaired) electrons. The second kappa shape index (κ2) is 11.0. The van der Waals surface area contributed by atoms with Crippen molar-refractivity contribution in [1.29, 1.82) is 0 Å². The van der Waals surface area contributed by atoms with Gasteiger partial charge in [-0.1, -0.05) is 140 Å². The largest absolute Gasteiger partial charge is 0.455 e. The van der Waals surface area contributed by atoms with Crippen molar-refractivity contribution in [3.05, 3.63) is 176 Å². The van der Waals surface area contributed by atoms with Crippen molar-refractivity contribution in [3.63, 3.8) is 0 Å². The molecule has 3 nitrogen and oxygen atoms in total. The van der Waals surface area contributed by atoms with E-state index in [2.05, 4.69) is 170 Å². The van der Waals surface area contributed by atoms with Gasteiger partial charge in [-0.3, -0.25) is 0 Å². The Morgan fingerprint density at radius 1 is 0.321 bits per heavy atom. The summed E-state index contributed by atoms with van der Waals surface area (Å²) >= 11 is 0. The lowest BCUT2D eigenvalue weighted by Gasteiger charge is -2.19. The number of hydrogen-bond donors (Lipinski definition) is 0. The van der Waals surface area contributed by atoms with Gasteiger partial charge in [0.15, 0.2) is 0 Å². The van der Waals surface area contributed by atoms with Gasteiger partial charge in [0, 0.05) is 54.4 Å². The molecule has 0 aliphatic rings. The molecule has 10 aromatic carbocycles. The predicted molar refractivity (Wildman–Crippen MR) is 235 cm³/mol. The molecular formula is C53H29NO2. The lowest BCUT2D eigenvalue weighted by Crippen LogP contribution is -1.95. The highest BCUT2D eigenvalue weighted by Gasteiger charge is 2.25. The Morgan fingerprint density at radius 3 is 1.61 bits per heavy atom. The first-order chi connectivity index (χ1) is 27.8. The molecule has 258 valence electrons. The van der Waals surface area contributed by atoms with Crippen LogP contribution < -0.4 is 0 Å². The van der Waals surface area contributed by atoms with E-state index in [1.807, 2.05) is 6.07 Å². The summed E-state index contributed by atoms with van der Waals surface area (Å²) in [5, 5.41) is 17.0. The molecule has 13 rings (SSSR count). The molecule has 0 aliphatic carbocycles. The maximum Gasteiger partial charge on any atom is 0.144 e. The molecule has 0 amide bonds. The van der Waals surface area contributed by atoms with E-state index in [0.717, 1.165) is 109 Å². The van der Waals surface area contributed by atoms with Crippen molar-refractivity contribution in [2.75, 3.05) is 0 Å². The van der Waals surface area contributed by atoms with Crippen molar-refractivity contribution < 1.29 is 8.83 Å². The fourth-order valence-corrected chi connectivity index (χ4v) is 9.58. The second-order valence-corrected chi connectivity index (χ2v) is 14.9. The molecule has 3 heteroatoms. The molecule has 13 aromatic rings. The van der Waals surface area contributed by atoms with Gasteiger partial charge in [0.25, 0.3) is 0 Å². The SMILES string of the molecule is c1ccc2cc3c(cc2c1)oc1c(-c2c4ccccc4c(-c4nc5ccccc5c5c4ccc4c6ccccc6oc45)c4ccccc24)cc2ccccc2c13. The first-order valence-corrected chi connectivity index (χ1v) is 19.1. The highest BCUT2D eigenvalue weighted by atomic mass is 16.3. The lowest BCUT2D eigenvalue weighted by molar-refractivity contribution is 0.671. The third-order valence-electron chi connectivity index (χ3n) is 12.0. The average molecular weight is 712 g/mol. The lowest BCUT2D eigenvalue weighted by atomic mass is 9.85. The molecule has 3 heterocycles. The Hall–Kier alpha value is -7.49. The molecule has 0 spiro atoms. The van der Waals surface area contributed by atoms with Crippen LogP contribution in [0.2, 0.25) is 0 Å². The zero-order valence-electron chi connectivity index (χ0n) is 30.0. The number of nitrogens with zero attached hydrogens (tertiary/aromatic N) is 1. The highest BCUT2D eigenvalue weighted by Crippen LogP contribution is 2.50. The van der Waals surface area contributed by atoms with Gasteiger partial charge in [-0.2, -0.15) is 0 Å². The van der Waals surface area contributed by atoms with Crippen molar-refractivity contribution in [2.24, 2.45) is 0 Å². The summed E-state index contributed by atoms with van der Waals surface area (Å²) in [6.07, 6.45) is 0. The Bertz CT molecular complexity index is 3690. The molecule has 0 saturated carbocycles. The maximum atomic E-state index is 7.02. The minimum atomic E-state index is 0.887. The molecule has 0 unspecified atom stereocenters. The second-order valence-electron chi connectivity index (χ2n) is 14.9. The smallest absolute Gasteiger partial charge is 0.144 e. The van der Waals surface area contributed by atoms with E-state index in [4.69, 9.17) is 13.8 Å². The van der Waals surface area contributed by atoms with Crippen LogP contribution in [0.1, 0.15) is 0 Å². The minimum Gasteiger partial charge on any atom is -0.455 e. The van der Waals surface area contributed by atoms with Crippen LogP contribution in [0.15, 0.2) is 185 Å². The number of fused-ring (bicyclic) bond motifs is 15. The number of hydrogen-bond acceptors (Lipinski definition) is 3. The van der Waals surface area contributed by atoms with Crippen LogP contribution in [-0.4, -0.2) is 4.98 Å². The average Bonchev–Trinajstić information content (AvgIpc) is 3.83. The third-order valence-corrected chi connectivity index (χ3v) is 12.0. The number of para-hydroxylation sites is 2. The molecule has 0 atom stereocenters. The van der Waals surface area contributed by atoms with Crippen molar-refractivity contribution in [3.8, 4) is 22.4 Å². The Balaban J connectivity index is 1.20. The number of pyridine rings is 1. The van der Waals surface area contributed by atoms with Crippen LogP contribution in [0.4, 0.5) is 0 Å². The number of rotatable bonds is 2. The van der Waals surface area contributed by atoms with Crippen LogP contribution in [0.25, 0.3) is 131 Å². The zero-order valence-corrected chi connectivity index (χ0v) is 30.0. The first-order valence-electron chi connectivity index (χ1n) is 19.1. The van der Waals surface area contributed by atoms with E-state index in [9.17, 15) is 0 Å². The van der Waals surface area contributed by atoms with Crippen molar-refractivity contribution in [2.45, 2.75) is 0 Å². The topological polar surface area (TPSA) is 39.2 Å². The number of benzene rings is 10. The predicted octanol–water partition coefficient (Wildman–Crippen LogP) is 15.1. The summed E-state index contributed by atoms with van der Waals surface area (Å²) in [6, 6.07) is 62.9. The number of aromatic nitrogens is 1. The normalized spacial score (nSPS) is 12.3. The van der Waals surface area contributed by atoms with Gasteiger partial charge in [0.1, 0.15) is 22.3 Å². The van der Waals surface area contributed by atoms with E-state index >= 15 is 0 Å².